The third-order valence-electron chi connectivity index (χ3n) is 3.93. The molecule has 0 fully saturated rings. The molecule has 6 heteroatoms. The van der Waals surface area contributed by atoms with Gasteiger partial charge in [-0.15, -0.1) is 0 Å². The Morgan fingerprint density at radius 2 is 1.86 bits per heavy atom. The first-order chi connectivity index (χ1) is 13.6. The van der Waals surface area contributed by atoms with Crippen molar-refractivity contribution in [1.82, 2.24) is 4.98 Å². The average Bonchev–Trinajstić information content (AvgIpc) is 2.72. The third kappa shape index (κ3) is 4.84. The van der Waals surface area contributed by atoms with Crippen LogP contribution in [0.3, 0.4) is 0 Å². The molecule has 0 radical (unpaired) electrons. The summed E-state index contributed by atoms with van der Waals surface area (Å²) in [6.45, 7) is 0. The quantitative estimate of drug-likeness (QED) is 0.356. The van der Waals surface area contributed by atoms with Crippen LogP contribution in [0, 0.1) is 0 Å². The highest BCUT2D eigenvalue weighted by Crippen LogP contribution is 2.25. The van der Waals surface area contributed by atoms with E-state index < -0.39 is 5.97 Å². The summed E-state index contributed by atoms with van der Waals surface area (Å²) in [4.78, 5) is 28.4. The molecule has 3 rings (SSSR count). The maximum Gasteiger partial charge on any atom is 0.337 e. The van der Waals surface area contributed by atoms with Gasteiger partial charge in [-0.25, -0.2) is 9.78 Å². The number of ether oxygens (including phenoxy) is 1. The number of aromatic nitrogens is 1. The molecule has 5 nitrogen and oxygen atoms in total. The van der Waals surface area contributed by atoms with Crippen molar-refractivity contribution in [2.45, 2.75) is 0 Å². The molecule has 0 unspecified atom stereocenters. The van der Waals surface area contributed by atoms with E-state index in [1.807, 2.05) is 12.1 Å². The van der Waals surface area contributed by atoms with Crippen LogP contribution in [-0.4, -0.2) is 23.8 Å². The second-order valence-electron chi connectivity index (χ2n) is 5.84. The number of hydrogen-bond donors (Lipinski definition) is 1. The Labute approximate surface area is 167 Å². The Bertz CT molecular complexity index is 1020. The molecule has 0 amide bonds. The zero-order chi connectivity index (χ0) is 19.9. The molecule has 1 aromatic heterocycles. The predicted octanol–water partition coefficient (Wildman–Crippen LogP) is 5.16. The maximum absolute atomic E-state index is 12.7. The van der Waals surface area contributed by atoms with Gasteiger partial charge in [0.15, 0.2) is 5.78 Å². The van der Waals surface area contributed by atoms with Crippen LogP contribution in [0.5, 0.6) is 0 Å². The number of allylic oxidation sites excluding steroid dienone is 1. The first-order valence-electron chi connectivity index (χ1n) is 8.45. The van der Waals surface area contributed by atoms with Crippen molar-refractivity contribution in [1.29, 1.82) is 0 Å². The zero-order valence-corrected chi connectivity index (χ0v) is 15.8. The lowest BCUT2D eigenvalue weighted by atomic mass is 10.1. The lowest BCUT2D eigenvalue weighted by Crippen LogP contribution is -2.02. The summed E-state index contributed by atoms with van der Waals surface area (Å²) in [5.41, 5.74) is 2.28. The number of ketones is 1. The monoisotopic (exact) mass is 392 g/mol. The predicted molar refractivity (Wildman–Crippen MR) is 110 cm³/mol. The molecule has 0 saturated carbocycles. The van der Waals surface area contributed by atoms with Crippen molar-refractivity contribution in [3.05, 3.63) is 94.6 Å². The normalized spacial score (nSPS) is 10.6. The molecule has 0 aliphatic heterocycles. The van der Waals surface area contributed by atoms with E-state index >= 15 is 0 Å². The second kappa shape index (κ2) is 8.97. The number of benzene rings is 2. The van der Waals surface area contributed by atoms with Gasteiger partial charge in [0, 0.05) is 16.8 Å². The van der Waals surface area contributed by atoms with E-state index in [1.165, 1.54) is 13.2 Å². The van der Waals surface area contributed by atoms with Gasteiger partial charge in [-0.1, -0.05) is 35.9 Å². The average molecular weight is 393 g/mol. The highest BCUT2D eigenvalue weighted by atomic mass is 35.5. The highest BCUT2D eigenvalue weighted by molar-refractivity contribution is 6.31. The van der Waals surface area contributed by atoms with Crippen molar-refractivity contribution < 1.29 is 14.3 Å². The van der Waals surface area contributed by atoms with Gasteiger partial charge in [0.05, 0.1) is 18.4 Å². The van der Waals surface area contributed by atoms with Gasteiger partial charge in [0.25, 0.3) is 0 Å². The van der Waals surface area contributed by atoms with E-state index in [1.54, 1.807) is 60.8 Å². The largest absolute Gasteiger partial charge is 0.465 e. The molecule has 0 aliphatic carbocycles. The smallest absolute Gasteiger partial charge is 0.337 e. The molecule has 1 heterocycles. The Morgan fingerprint density at radius 3 is 2.54 bits per heavy atom. The molecule has 140 valence electrons. The minimum atomic E-state index is -0.405. The second-order valence-corrected chi connectivity index (χ2v) is 6.28. The van der Waals surface area contributed by atoms with Crippen LogP contribution in [0.2, 0.25) is 5.02 Å². The number of methoxy groups -OCH3 is 1. The van der Waals surface area contributed by atoms with Crippen LogP contribution in [0.1, 0.15) is 26.3 Å². The number of anilines is 2. The lowest BCUT2D eigenvalue weighted by molar-refractivity contribution is 0.0600. The van der Waals surface area contributed by atoms with Crippen LogP contribution in [-0.2, 0) is 4.74 Å². The molecule has 1 N–H and O–H groups in total. The van der Waals surface area contributed by atoms with Gasteiger partial charge in [0.2, 0.25) is 0 Å². The third-order valence-corrected chi connectivity index (χ3v) is 4.17. The van der Waals surface area contributed by atoms with Gasteiger partial charge in [-0.2, -0.15) is 0 Å². The van der Waals surface area contributed by atoms with Crippen molar-refractivity contribution >= 4 is 40.9 Å². The molecule has 0 bridgehead atoms. The van der Waals surface area contributed by atoms with E-state index in [9.17, 15) is 9.59 Å². The number of rotatable bonds is 6. The van der Waals surface area contributed by atoms with Gasteiger partial charge in [0.1, 0.15) is 5.82 Å². The number of esters is 1. The Morgan fingerprint density at radius 1 is 1.07 bits per heavy atom. The number of nitrogens with one attached hydrogen (secondary N) is 1. The SMILES string of the molecule is COC(=O)c1ccc(C=CC(=O)c2ccc(Cl)cc2Nc2ccccn2)cc1. The Hall–Kier alpha value is -3.44. The number of nitrogens with zero attached hydrogens (tertiary/aromatic N) is 1. The van der Waals surface area contributed by atoms with Crippen molar-refractivity contribution in [3.8, 4) is 0 Å². The van der Waals surface area contributed by atoms with Gasteiger partial charge < -0.3 is 10.1 Å². The fourth-order valence-corrected chi connectivity index (χ4v) is 2.69. The number of hydrogen-bond acceptors (Lipinski definition) is 5. The Balaban J connectivity index is 1.80. The van der Waals surface area contributed by atoms with Gasteiger partial charge in [-0.3, -0.25) is 4.79 Å². The summed E-state index contributed by atoms with van der Waals surface area (Å²) in [5, 5.41) is 3.63. The van der Waals surface area contributed by atoms with E-state index in [0.717, 1.165) is 5.56 Å². The molecule has 28 heavy (non-hydrogen) atoms. The van der Waals surface area contributed by atoms with Crippen molar-refractivity contribution in [2.75, 3.05) is 12.4 Å². The molecule has 2 aromatic carbocycles. The molecule has 3 aromatic rings. The van der Waals surface area contributed by atoms with Crippen LogP contribution in [0.25, 0.3) is 6.08 Å². The fraction of sp³-hybridized carbons (Fsp3) is 0.0455. The van der Waals surface area contributed by atoms with Crippen LogP contribution in [0.4, 0.5) is 11.5 Å². The molecular weight excluding hydrogens is 376 g/mol. The summed E-state index contributed by atoms with van der Waals surface area (Å²) in [6, 6.07) is 17.2. The summed E-state index contributed by atoms with van der Waals surface area (Å²) in [6.07, 6.45) is 4.81. The highest BCUT2D eigenvalue weighted by Gasteiger charge is 2.11. The lowest BCUT2D eigenvalue weighted by Gasteiger charge is -2.10. The van der Waals surface area contributed by atoms with E-state index in [2.05, 4.69) is 15.0 Å². The number of carbonyl (C=O) groups is 2. The van der Waals surface area contributed by atoms with E-state index in [0.29, 0.717) is 27.7 Å². The van der Waals surface area contributed by atoms with Crippen molar-refractivity contribution in [2.24, 2.45) is 0 Å². The number of halogens is 1. The summed E-state index contributed by atoms with van der Waals surface area (Å²) in [7, 11) is 1.33. The zero-order valence-electron chi connectivity index (χ0n) is 15.1. The molecular formula is C22H17ClN2O3. The maximum atomic E-state index is 12.7. The summed E-state index contributed by atoms with van der Waals surface area (Å²) in [5.74, 6) is 0.0198. The summed E-state index contributed by atoms with van der Waals surface area (Å²) < 4.78 is 4.67. The van der Waals surface area contributed by atoms with Gasteiger partial charge >= 0.3 is 5.97 Å². The summed E-state index contributed by atoms with van der Waals surface area (Å²) >= 11 is 6.09. The molecule has 0 atom stereocenters. The Kier molecular flexibility index (Phi) is 6.19. The van der Waals surface area contributed by atoms with Crippen LogP contribution in [0.15, 0.2) is 72.9 Å². The van der Waals surface area contributed by atoms with Crippen LogP contribution < -0.4 is 5.32 Å². The topological polar surface area (TPSA) is 68.3 Å². The first-order valence-corrected chi connectivity index (χ1v) is 8.83. The number of carbonyl (C=O) groups excluding carboxylic acids is 2. The van der Waals surface area contributed by atoms with Crippen LogP contribution >= 0.6 is 11.6 Å². The minimum Gasteiger partial charge on any atom is -0.465 e. The van der Waals surface area contributed by atoms with Crippen molar-refractivity contribution in [3.63, 3.8) is 0 Å². The number of pyridine rings is 1. The first kappa shape index (κ1) is 19.3. The molecule has 0 saturated heterocycles. The minimum absolute atomic E-state index is 0.188. The van der Waals surface area contributed by atoms with E-state index in [-0.39, 0.29) is 5.78 Å². The van der Waals surface area contributed by atoms with Gasteiger partial charge in [-0.05, 0) is 54.1 Å². The van der Waals surface area contributed by atoms with E-state index in [4.69, 9.17) is 11.6 Å². The standard InChI is InChI=1S/C22H17ClN2O3/c1-28-22(27)16-8-5-15(6-9-16)7-12-20(26)18-11-10-17(23)14-19(18)25-21-4-2-3-13-24-21/h2-14H,1H3,(H,24,25). The molecule has 0 aliphatic rings. The molecule has 0 spiro atoms. The fourth-order valence-electron chi connectivity index (χ4n) is 2.52.